The van der Waals surface area contributed by atoms with E-state index < -0.39 is 19.9 Å². The van der Waals surface area contributed by atoms with E-state index in [2.05, 4.69) is 4.72 Å². The summed E-state index contributed by atoms with van der Waals surface area (Å²) in [5.41, 5.74) is 6.35. The van der Waals surface area contributed by atoms with Crippen molar-refractivity contribution < 1.29 is 16.8 Å². The van der Waals surface area contributed by atoms with E-state index in [0.717, 1.165) is 5.69 Å². The van der Waals surface area contributed by atoms with Gasteiger partial charge in [-0.15, -0.1) is 0 Å². The maximum absolute atomic E-state index is 12.3. The number of hydrogen-bond acceptors (Lipinski definition) is 5. The van der Waals surface area contributed by atoms with Crippen molar-refractivity contribution in [1.82, 2.24) is 9.29 Å². The molecule has 0 atom stereocenters. The van der Waals surface area contributed by atoms with Gasteiger partial charge in [-0.3, -0.25) is 0 Å². The molecule has 1 aliphatic rings. The van der Waals surface area contributed by atoms with Crippen LogP contribution in [-0.2, 0) is 33.0 Å². The van der Waals surface area contributed by atoms with Crippen molar-refractivity contribution in [1.29, 1.82) is 0 Å². The number of nitrogens with zero attached hydrogens (tertiary/aromatic N) is 1. The Morgan fingerprint density at radius 3 is 2.48 bits per heavy atom. The van der Waals surface area contributed by atoms with Crippen LogP contribution in [0.15, 0.2) is 17.2 Å². The minimum atomic E-state index is -3.64. The van der Waals surface area contributed by atoms with Gasteiger partial charge in [0.15, 0.2) is 0 Å². The van der Waals surface area contributed by atoms with Crippen molar-refractivity contribution in [3.8, 4) is 0 Å². The van der Waals surface area contributed by atoms with Gasteiger partial charge in [-0.25, -0.2) is 21.6 Å². The Kier molecular flexibility index (Phi) is 4.76. The van der Waals surface area contributed by atoms with Gasteiger partial charge >= 0.3 is 0 Å². The number of sulfonamides is 1. The lowest BCUT2D eigenvalue weighted by atomic mass is 10.2. The van der Waals surface area contributed by atoms with Crippen LogP contribution < -0.4 is 10.5 Å². The molecule has 1 aromatic heterocycles. The molecule has 1 aliphatic heterocycles. The lowest BCUT2D eigenvalue weighted by molar-refractivity contribution is 0.505. The molecule has 7 nitrogen and oxygen atoms in total. The summed E-state index contributed by atoms with van der Waals surface area (Å²) in [7, 11) is -6.64. The first-order valence-corrected chi connectivity index (χ1v) is 10.2. The van der Waals surface area contributed by atoms with Gasteiger partial charge in [-0.2, -0.15) is 0 Å². The van der Waals surface area contributed by atoms with Crippen molar-refractivity contribution in [2.45, 2.75) is 43.8 Å². The molecule has 120 valence electrons. The fourth-order valence-electron chi connectivity index (χ4n) is 2.43. The monoisotopic (exact) mass is 335 g/mol. The summed E-state index contributed by atoms with van der Waals surface area (Å²) in [6, 6.07) is 1.23. The van der Waals surface area contributed by atoms with Gasteiger partial charge in [-0.1, -0.05) is 0 Å². The van der Waals surface area contributed by atoms with Gasteiger partial charge in [0.25, 0.3) is 0 Å². The van der Waals surface area contributed by atoms with Crippen LogP contribution in [0.1, 0.15) is 25.5 Å². The Morgan fingerprint density at radius 1 is 1.38 bits per heavy atom. The molecule has 0 bridgehead atoms. The number of nitrogens with one attached hydrogen (secondary N) is 1. The molecule has 0 aromatic carbocycles. The molecule has 0 unspecified atom stereocenters. The van der Waals surface area contributed by atoms with Gasteiger partial charge in [0.2, 0.25) is 10.0 Å². The van der Waals surface area contributed by atoms with Crippen molar-refractivity contribution in [2.24, 2.45) is 5.73 Å². The second kappa shape index (κ2) is 6.07. The molecule has 3 N–H and O–H groups in total. The van der Waals surface area contributed by atoms with E-state index >= 15 is 0 Å². The normalized spacial score (nSPS) is 19.7. The van der Waals surface area contributed by atoms with Gasteiger partial charge in [0.1, 0.15) is 9.84 Å². The predicted octanol–water partition coefficient (Wildman–Crippen LogP) is -0.178. The van der Waals surface area contributed by atoms with Gasteiger partial charge < -0.3 is 10.3 Å². The Hall–Kier alpha value is -0.900. The Morgan fingerprint density at radius 2 is 2.00 bits per heavy atom. The molecule has 0 spiro atoms. The van der Waals surface area contributed by atoms with Gasteiger partial charge in [0, 0.05) is 31.0 Å². The molecule has 1 aromatic rings. The Labute approximate surface area is 125 Å². The van der Waals surface area contributed by atoms with Crippen LogP contribution >= 0.6 is 0 Å². The van der Waals surface area contributed by atoms with Crippen LogP contribution in [0.25, 0.3) is 0 Å². The molecule has 1 saturated heterocycles. The second-order valence-electron chi connectivity index (χ2n) is 5.20. The molecule has 2 rings (SSSR count). The van der Waals surface area contributed by atoms with Gasteiger partial charge in [-0.05, 0) is 25.8 Å². The largest absolute Gasteiger partial charge is 0.349 e. The first-order chi connectivity index (χ1) is 9.77. The van der Waals surface area contributed by atoms with Crippen molar-refractivity contribution >= 4 is 19.9 Å². The number of aryl methyl sites for hydroxylation is 1. The highest BCUT2D eigenvalue weighted by molar-refractivity contribution is 7.91. The van der Waals surface area contributed by atoms with E-state index in [1.807, 2.05) is 6.92 Å². The molecular weight excluding hydrogens is 314 g/mol. The van der Waals surface area contributed by atoms with Crippen LogP contribution in [0.5, 0.6) is 0 Å². The summed E-state index contributed by atoms with van der Waals surface area (Å²) in [4.78, 5) is 0.179. The zero-order valence-electron chi connectivity index (χ0n) is 11.9. The highest BCUT2D eigenvalue weighted by Crippen LogP contribution is 2.18. The quantitative estimate of drug-likeness (QED) is 0.775. The number of sulfone groups is 1. The van der Waals surface area contributed by atoms with Gasteiger partial charge in [0.05, 0.1) is 16.4 Å². The predicted molar refractivity (Wildman–Crippen MR) is 80.0 cm³/mol. The average Bonchev–Trinajstić information content (AvgIpc) is 2.85. The summed E-state index contributed by atoms with van der Waals surface area (Å²) in [6.07, 6.45) is 2.20. The molecule has 9 heteroatoms. The molecule has 21 heavy (non-hydrogen) atoms. The van der Waals surface area contributed by atoms with Crippen molar-refractivity contribution in [2.75, 3.05) is 11.5 Å². The number of aromatic nitrogens is 1. The summed E-state index contributed by atoms with van der Waals surface area (Å²) >= 11 is 0. The first-order valence-electron chi connectivity index (χ1n) is 6.89. The van der Waals surface area contributed by atoms with E-state index in [-0.39, 0.29) is 29.0 Å². The molecule has 1 fully saturated rings. The maximum atomic E-state index is 12.3. The minimum absolute atomic E-state index is 0.0320. The SMILES string of the molecule is CCn1cc(S(=O)(=O)NC2CCS(=O)(=O)CC2)cc1CN. The second-order valence-corrected chi connectivity index (χ2v) is 9.22. The lowest BCUT2D eigenvalue weighted by Crippen LogP contribution is -2.40. The van der Waals surface area contributed by atoms with Crippen LogP contribution in [0.2, 0.25) is 0 Å². The van der Waals surface area contributed by atoms with E-state index in [0.29, 0.717) is 19.4 Å². The van der Waals surface area contributed by atoms with Crippen molar-refractivity contribution in [3.05, 3.63) is 18.0 Å². The summed E-state index contributed by atoms with van der Waals surface area (Å²) < 4.78 is 51.8. The van der Waals surface area contributed by atoms with E-state index in [9.17, 15) is 16.8 Å². The summed E-state index contributed by atoms with van der Waals surface area (Å²) in [5, 5.41) is 0. The smallest absolute Gasteiger partial charge is 0.242 e. The third-order valence-electron chi connectivity index (χ3n) is 3.70. The zero-order valence-corrected chi connectivity index (χ0v) is 13.6. The molecule has 0 radical (unpaired) electrons. The average molecular weight is 335 g/mol. The molecule has 2 heterocycles. The fourth-order valence-corrected chi connectivity index (χ4v) is 5.29. The van der Waals surface area contributed by atoms with Crippen LogP contribution in [0.4, 0.5) is 0 Å². The maximum Gasteiger partial charge on any atom is 0.242 e. The van der Waals surface area contributed by atoms with E-state index in [1.54, 1.807) is 16.8 Å². The van der Waals surface area contributed by atoms with Crippen LogP contribution in [0.3, 0.4) is 0 Å². The van der Waals surface area contributed by atoms with E-state index in [4.69, 9.17) is 5.73 Å². The summed E-state index contributed by atoms with van der Waals surface area (Å²) in [5.74, 6) is 0.0639. The summed E-state index contributed by atoms with van der Waals surface area (Å²) in [6.45, 7) is 2.82. The lowest BCUT2D eigenvalue weighted by Gasteiger charge is -2.22. The topological polar surface area (TPSA) is 111 Å². The standard InChI is InChI=1S/C12H21N3O4S2/c1-2-15-9-12(7-11(15)8-13)21(18,19)14-10-3-5-20(16,17)6-4-10/h7,9-10,14H,2-6,8,13H2,1H3. The highest BCUT2D eigenvalue weighted by Gasteiger charge is 2.28. The minimum Gasteiger partial charge on any atom is -0.349 e. The molecular formula is C12H21N3O4S2. The molecule has 0 aliphatic carbocycles. The third-order valence-corrected chi connectivity index (χ3v) is 6.90. The molecule has 0 saturated carbocycles. The fraction of sp³-hybridized carbons (Fsp3) is 0.667. The first kappa shape index (κ1) is 16.5. The van der Waals surface area contributed by atoms with Crippen LogP contribution in [0, 0.1) is 0 Å². The third kappa shape index (κ3) is 3.85. The molecule has 0 amide bonds. The zero-order chi connectivity index (χ0) is 15.7. The Balaban J connectivity index is 2.14. The number of hydrogen-bond donors (Lipinski definition) is 2. The van der Waals surface area contributed by atoms with E-state index in [1.165, 1.54) is 0 Å². The van der Waals surface area contributed by atoms with Crippen LogP contribution in [-0.4, -0.2) is 39.0 Å². The number of nitrogens with two attached hydrogens (primary N) is 1. The Bertz CT molecular complexity index is 671. The number of rotatable bonds is 5. The highest BCUT2D eigenvalue weighted by atomic mass is 32.2. The van der Waals surface area contributed by atoms with Crippen molar-refractivity contribution in [3.63, 3.8) is 0 Å².